The minimum atomic E-state index is -0.477. The van der Waals surface area contributed by atoms with Crippen LogP contribution >= 0.6 is 0 Å². The van der Waals surface area contributed by atoms with Crippen molar-refractivity contribution in [3.63, 3.8) is 0 Å². The highest BCUT2D eigenvalue weighted by atomic mass is 16.6. The van der Waals surface area contributed by atoms with Crippen LogP contribution < -0.4 is 24.4 Å². The van der Waals surface area contributed by atoms with E-state index in [-0.39, 0.29) is 29.0 Å². The third kappa shape index (κ3) is 6.35. The zero-order valence-electron chi connectivity index (χ0n) is 27.2. The van der Waals surface area contributed by atoms with Gasteiger partial charge in [-0.2, -0.15) is 5.11 Å². The number of rotatable bonds is 10. The first-order valence-corrected chi connectivity index (χ1v) is 15.0. The van der Waals surface area contributed by atoms with Gasteiger partial charge in [0, 0.05) is 55.7 Å². The van der Waals surface area contributed by atoms with E-state index in [0.717, 1.165) is 31.5 Å². The molecule has 0 bridgehead atoms. The highest BCUT2D eigenvalue weighted by molar-refractivity contribution is 5.80. The van der Waals surface area contributed by atoms with Crippen LogP contribution in [-0.2, 0) is 15.6 Å². The van der Waals surface area contributed by atoms with Crippen LogP contribution in [0.1, 0.15) is 51.7 Å². The highest BCUT2D eigenvalue weighted by Gasteiger charge is 2.43. The molecule has 2 heterocycles. The van der Waals surface area contributed by atoms with Gasteiger partial charge in [-0.1, -0.05) is 27.7 Å². The zero-order chi connectivity index (χ0) is 33.2. The highest BCUT2D eigenvalue weighted by Crippen LogP contribution is 2.56. The van der Waals surface area contributed by atoms with Crippen molar-refractivity contribution < 1.29 is 23.9 Å². The molecule has 1 amide bonds. The number of carbonyl (C=O) groups excluding carboxylic acids is 1. The summed E-state index contributed by atoms with van der Waals surface area (Å²) in [5.41, 5.74) is 4.71. The number of benzene rings is 3. The number of hydrogen-bond acceptors (Lipinski definition) is 11. The quantitative estimate of drug-likeness (QED) is 0.137. The van der Waals surface area contributed by atoms with Gasteiger partial charge in [-0.3, -0.25) is 14.9 Å². The van der Waals surface area contributed by atoms with E-state index in [1.54, 1.807) is 19.2 Å². The molecule has 0 saturated heterocycles. The Bertz CT molecular complexity index is 1710. The summed E-state index contributed by atoms with van der Waals surface area (Å²) in [5, 5.41) is 31.4. The van der Waals surface area contributed by atoms with Crippen LogP contribution in [0.3, 0.4) is 0 Å². The summed E-state index contributed by atoms with van der Waals surface area (Å²) in [5.74, 6) is 1.04. The summed E-state index contributed by atoms with van der Waals surface area (Å²) in [6, 6.07) is 11.0. The zero-order valence-corrected chi connectivity index (χ0v) is 27.2. The molecule has 0 aliphatic carbocycles. The molecule has 3 aromatic carbocycles. The van der Waals surface area contributed by atoms with Gasteiger partial charge in [-0.25, -0.2) is 0 Å². The molecular formula is C33H39N7O6. The Morgan fingerprint density at radius 3 is 2.02 bits per heavy atom. The van der Waals surface area contributed by atoms with Crippen LogP contribution in [0.5, 0.6) is 17.2 Å². The van der Waals surface area contributed by atoms with Crippen LogP contribution in [0.15, 0.2) is 62.9 Å². The second kappa shape index (κ2) is 12.7. The van der Waals surface area contributed by atoms with Crippen LogP contribution in [0, 0.1) is 10.1 Å². The van der Waals surface area contributed by atoms with Crippen molar-refractivity contribution in [2.45, 2.75) is 51.4 Å². The lowest BCUT2D eigenvalue weighted by Crippen LogP contribution is -2.45. The lowest BCUT2D eigenvalue weighted by Gasteiger charge is -2.48. The van der Waals surface area contributed by atoms with Crippen LogP contribution in [0.4, 0.5) is 34.1 Å². The minimum Gasteiger partial charge on any atom is -0.494 e. The van der Waals surface area contributed by atoms with E-state index in [2.05, 4.69) is 53.3 Å². The lowest BCUT2D eigenvalue weighted by atomic mass is 9.69. The maximum atomic E-state index is 12.3. The van der Waals surface area contributed by atoms with E-state index in [1.165, 1.54) is 49.7 Å². The maximum absolute atomic E-state index is 12.3. The predicted octanol–water partition coefficient (Wildman–Crippen LogP) is 7.74. The van der Waals surface area contributed by atoms with Crippen LogP contribution in [0.2, 0.25) is 0 Å². The molecule has 0 unspecified atom stereocenters. The molecule has 13 heteroatoms. The molecule has 0 aromatic heterocycles. The monoisotopic (exact) mass is 629 g/mol. The van der Waals surface area contributed by atoms with Gasteiger partial charge in [0.05, 0.1) is 24.8 Å². The summed E-state index contributed by atoms with van der Waals surface area (Å²) < 4.78 is 17.5. The van der Waals surface area contributed by atoms with Crippen molar-refractivity contribution >= 4 is 40.0 Å². The molecule has 0 radical (unpaired) electrons. The Labute approximate surface area is 267 Å². The number of nitrogens with zero attached hydrogens (tertiary/aromatic N) is 6. The topological polar surface area (TPSA) is 153 Å². The van der Waals surface area contributed by atoms with E-state index in [1.807, 2.05) is 6.07 Å². The Balaban J connectivity index is 1.58. The van der Waals surface area contributed by atoms with Gasteiger partial charge < -0.3 is 24.4 Å². The van der Waals surface area contributed by atoms with E-state index in [0.29, 0.717) is 40.0 Å². The minimum absolute atomic E-state index is 0.0391. The molecule has 2 aliphatic rings. The van der Waals surface area contributed by atoms with Crippen molar-refractivity contribution in [1.82, 2.24) is 5.32 Å². The summed E-state index contributed by atoms with van der Waals surface area (Å²) >= 11 is 0. The molecule has 46 heavy (non-hydrogen) atoms. The number of likely N-dealkylation sites (N-methyl/N-ethyl adjacent to an activating group) is 1. The number of carbonyl (C=O) groups is 1. The fraction of sp³-hybridized carbons (Fsp3) is 0.424. The molecule has 2 aliphatic heterocycles. The number of nitrogens with one attached hydrogen (secondary N) is 1. The van der Waals surface area contributed by atoms with Crippen molar-refractivity contribution in [2.24, 2.45) is 20.5 Å². The molecule has 13 nitrogen and oxygen atoms in total. The van der Waals surface area contributed by atoms with Crippen LogP contribution in [-0.4, -0.2) is 51.8 Å². The number of azo groups is 2. The van der Waals surface area contributed by atoms with Gasteiger partial charge >= 0.3 is 0 Å². The number of amides is 1. The number of methoxy groups -OCH3 is 2. The number of non-ortho nitro benzene ring substituents is 1. The molecular weight excluding hydrogens is 590 g/mol. The third-order valence-electron chi connectivity index (χ3n) is 8.67. The van der Waals surface area contributed by atoms with E-state index < -0.39 is 4.92 Å². The first-order chi connectivity index (χ1) is 21.9. The number of nitro benzene ring substituents is 1. The Kier molecular flexibility index (Phi) is 8.95. The van der Waals surface area contributed by atoms with Crippen molar-refractivity contribution in [3.8, 4) is 17.2 Å². The molecule has 0 spiro atoms. The third-order valence-corrected chi connectivity index (χ3v) is 8.67. The molecule has 1 N–H and O–H groups in total. The summed E-state index contributed by atoms with van der Waals surface area (Å²) in [7, 11) is 4.59. The molecule has 5 rings (SSSR count). The van der Waals surface area contributed by atoms with Gasteiger partial charge in [0.25, 0.3) is 11.6 Å². The second-order valence-electron chi connectivity index (χ2n) is 12.6. The maximum Gasteiger partial charge on any atom is 0.269 e. The van der Waals surface area contributed by atoms with E-state index in [9.17, 15) is 14.9 Å². The van der Waals surface area contributed by atoms with Gasteiger partial charge in [0.1, 0.15) is 28.6 Å². The second-order valence-corrected chi connectivity index (χ2v) is 12.6. The Morgan fingerprint density at radius 2 is 1.46 bits per heavy atom. The van der Waals surface area contributed by atoms with Crippen molar-refractivity contribution in [3.05, 3.63) is 63.7 Å². The largest absolute Gasteiger partial charge is 0.494 e. The smallest absolute Gasteiger partial charge is 0.269 e. The van der Waals surface area contributed by atoms with Gasteiger partial charge in [0.15, 0.2) is 12.4 Å². The number of ether oxygens (including phenoxy) is 3. The molecule has 242 valence electrons. The predicted molar refractivity (Wildman–Crippen MR) is 174 cm³/mol. The average molecular weight is 630 g/mol. The summed E-state index contributed by atoms with van der Waals surface area (Å²) in [6.45, 7) is 10.6. The fourth-order valence-electron chi connectivity index (χ4n) is 5.85. The summed E-state index contributed by atoms with van der Waals surface area (Å²) in [4.78, 5) is 25.2. The van der Waals surface area contributed by atoms with Crippen molar-refractivity contribution in [1.29, 1.82) is 0 Å². The lowest BCUT2D eigenvalue weighted by molar-refractivity contribution is -0.384. The van der Waals surface area contributed by atoms with E-state index >= 15 is 0 Å². The normalized spacial score (nSPS) is 16.3. The SMILES string of the molecule is CNC(=O)COc1c(N=Nc2cc(OC)c(N=Nc3ccc([N+](=O)[O-])cc3)cc2OC)cc2c3c1C(C)(C)CCN3CCC2(C)C. The van der Waals surface area contributed by atoms with E-state index in [4.69, 9.17) is 19.3 Å². The number of nitro groups is 1. The van der Waals surface area contributed by atoms with Gasteiger partial charge in [-0.05, 0) is 47.4 Å². The standard InChI is InChI=1S/C33H39N7O6/c1-32(2)12-14-39-15-13-33(3,4)29-30(39)22(32)16-25(31(29)46-19-28(41)34-5)38-37-24-18-26(44-6)23(17-27(24)45-7)36-35-20-8-10-21(11-9-20)40(42)43/h8-11,16-18H,12-15,19H2,1-7H3,(H,34,41). The number of hydrogen-bond donors (Lipinski definition) is 1. The first kappa shape index (κ1) is 32.3. The molecule has 0 saturated carbocycles. The Morgan fingerprint density at radius 1 is 0.891 bits per heavy atom. The van der Waals surface area contributed by atoms with Gasteiger partial charge in [-0.15, -0.1) is 15.3 Å². The fourth-order valence-corrected chi connectivity index (χ4v) is 5.85. The summed E-state index contributed by atoms with van der Waals surface area (Å²) in [6.07, 6.45) is 1.92. The van der Waals surface area contributed by atoms with Crippen LogP contribution in [0.25, 0.3) is 0 Å². The average Bonchev–Trinajstić information content (AvgIpc) is 3.04. The molecule has 0 fully saturated rings. The Hall–Kier alpha value is -5.07. The van der Waals surface area contributed by atoms with Gasteiger partial charge in [0.2, 0.25) is 0 Å². The number of anilines is 1. The first-order valence-electron chi connectivity index (χ1n) is 15.0. The molecule has 0 atom stereocenters. The van der Waals surface area contributed by atoms with Crippen molar-refractivity contribution in [2.75, 3.05) is 45.9 Å². The molecule has 3 aromatic rings.